The number of fused-ring (bicyclic) bond motifs is 3. The lowest BCUT2D eigenvalue weighted by atomic mass is 9.46. The normalized spacial score (nSPS) is 45.2. The Labute approximate surface area is 160 Å². The van der Waals surface area contributed by atoms with Crippen LogP contribution in [0.3, 0.4) is 0 Å². The minimum Gasteiger partial charge on any atom is -0.468 e. The summed E-state index contributed by atoms with van der Waals surface area (Å²) in [6.07, 6.45) is 4.96. The third kappa shape index (κ3) is 1.52. The molecular formula is C22H29N2O3+. The molecule has 2 unspecified atom stereocenters. The molecular weight excluding hydrogens is 340 g/mol. The van der Waals surface area contributed by atoms with E-state index in [0.29, 0.717) is 0 Å². The summed E-state index contributed by atoms with van der Waals surface area (Å²) in [6, 6.07) is 8.40. The van der Waals surface area contributed by atoms with Crippen molar-refractivity contribution in [1.29, 1.82) is 0 Å². The smallest absolute Gasteiger partial charge is 0.316 e. The van der Waals surface area contributed by atoms with Gasteiger partial charge in [-0.25, -0.2) is 0 Å². The zero-order chi connectivity index (χ0) is 19.1. The number of rotatable bonds is 2. The molecule has 1 spiro atoms. The van der Waals surface area contributed by atoms with Crippen LogP contribution in [-0.2, 0) is 14.9 Å². The summed E-state index contributed by atoms with van der Waals surface area (Å²) in [5.41, 5.74) is 1.91. The third-order valence-corrected chi connectivity index (χ3v) is 8.64. The first-order valence-corrected chi connectivity index (χ1v) is 10.0. The number of ether oxygens (including phenoxy) is 1. The summed E-state index contributed by atoms with van der Waals surface area (Å²) >= 11 is 0. The van der Waals surface area contributed by atoms with Crippen molar-refractivity contribution in [3.05, 3.63) is 41.5 Å². The van der Waals surface area contributed by atoms with Crippen LogP contribution < -0.4 is 5.32 Å². The fourth-order valence-corrected chi connectivity index (χ4v) is 7.66. The van der Waals surface area contributed by atoms with Gasteiger partial charge in [0.1, 0.15) is 12.0 Å². The predicted octanol–water partition coefficient (Wildman–Crippen LogP) is 2.42. The van der Waals surface area contributed by atoms with E-state index in [1.165, 1.54) is 18.2 Å². The number of allylic oxidation sites excluding steroid dienone is 1. The molecule has 4 aliphatic heterocycles. The fraction of sp³-hybridized carbons (Fsp3) is 0.591. The van der Waals surface area contributed by atoms with Gasteiger partial charge in [-0.05, 0) is 30.5 Å². The van der Waals surface area contributed by atoms with Gasteiger partial charge in [0.2, 0.25) is 0 Å². The second-order valence-corrected chi connectivity index (χ2v) is 9.04. The summed E-state index contributed by atoms with van der Waals surface area (Å²) in [4.78, 5) is 13.5. The first-order valence-electron chi connectivity index (χ1n) is 10.0. The van der Waals surface area contributed by atoms with Crippen LogP contribution in [0.4, 0.5) is 5.69 Å². The topological polar surface area (TPSA) is 58.6 Å². The zero-order valence-corrected chi connectivity index (χ0v) is 16.4. The van der Waals surface area contributed by atoms with E-state index in [4.69, 9.17) is 4.74 Å². The molecule has 5 atom stereocenters. The number of carbonyl (C=O) groups excluding carboxylic acids is 1. The molecule has 0 amide bonds. The van der Waals surface area contributed by atoms with E-state index >= 15 is 0 Å². The minimum absolute atomic E-state index is 0.0151. The number of benzene rings is 1. The van der Waals surface area contributed by atoms with Crippen LogP contribution >= 0.6 is 0 Å². The number of hydrogen-bond acceptors (Lipinski definition) is 4. The Kier molecular flexibility index (Phi) is 3.29. The van der Waals surface area contributed by atoms with Gasteiger partial charge in [0.15, 0.2) is 5.66 Å². The molecule has 1 aromatic carbocycles. The molecule has 4 fully saturated rings. The molecule has 144 valence electrons. The zero-order valence-electron chi connectivity index (χ0n) is 16.4. The van der Waals surface area contributed by atoms with E-state index in [1.54, 1.807) is 0 Å². The van der Waals surface area contributed by atoms with Crippen LogP contribution in [0.5, 0.6) is 0 Å². The molecule has 1 saturated carbocycles. The van der Waals surface area contributed by atoms with Crippen molar-refractivity contribution in [2.24, 2.45) is 11.3 Å². The number of quaternary nitrogens is 1. The number of likely N-dealkylation sites (N-methyl/N-ethyl adjacent to an activating group) is 1. The molecule has 3 saturated heterocycles. The van der Waals surface area contributed by atoms with Crippen molar-refractivity contribution in [3.8, 4) is 0 Å². The van der Waals surface area contributed by atoms with Crippen LogP contribution in [-0.4, -0.2) is 55.1 Å². The van der Waals surface area contributed by atoms with Crippen LogP contribution in [0, 0.1) is 11.3 Å². The summed E-state index contributed by atoms with van der Waals surface area (Å²) in [5.74, 6) is -0.242. The molecule has 27 heavy (non-hydrogen) atoms. The number of esters is 1. The van der Waals surface area contributed by atoms with Crippen LogP contribution in [0.2, 0.25) is 0 Å². The molecule has 0 radical (unpaired) electrons. The van der Waals surface area contributed by atoms with Gasteiger partial charge in [-0.3, -0.25) is 9.28 Å². The Hall–Kier alpha value is -1.85. The molecule has 6 rings (SSSR count). The van der Waals surface area contributed by atoms with Gasteiger partial charge in [0.25, 0.3) is 0 Å². The number of nitrogens with one attached hydrogen (secondary N) is 1. The molecule has 5 heteroatoms. The largest absolute Gasteiger partial charge is 0.468 e. The highest BCUT2D eigenvalue weighted by molar-refractivity contribution is 5.85. The number of anilines is 1. The lowest BCUT2D eigenvalue weighted by Gasteiger charge is -2.57. The summed E-state index contributed by atoms with van der Waals surface area (Å²) in [5, 5.41) is 14.8. The second-order valence-electron chi connectivity index (χ2n) is 9.04. The van der Waals surface area contributed by atoms with Gasteiger partial charge < -0.3 is 15.2 Å². The number of carbonyl (C=O) groups is 1. The predicted molar refractivity (Wildman–Crippen MR) is 103 cm³/mol. The summed E-state index contributed by atoms with van der Waals surface area (Å²) in [6.45, 7) is 3.80. The van der Waals surface area contributed by atoms with Crippen LogP contribution in [0.1, 0.15) is 31.7 Å². The molecule has 5 aliphatic rings. The Morgan fingerprint density at radius 3 is 2.89 bits per heavy atom. The van der Waals surface area contributed by atoms with Crippen molar-refractivity contribution in [1.82, 2.24) is 0 Å². The monoisotopic (exact) mass is 369 g/mol. The fourth-order valence-electron chi connectivity index (χ4n) is 7.66. The quantitative estimate of drug-likeness (QED) is 0.478. The maximum Gasteiger partial charge on any atom is 0.316 e. The number of para-hydroxylation sites is 1. The van der Waals surface area contributed by atoms with E-state index in [1.807, 2.05) is 0 Å². The van der Waals surface area contributed by atoms with Crippen LogP contribution in [0.15, 0.2) is 35.9 Å². The van der Waals surface area contributed by atoms with E-state index in [2.05, 4.69) is 49.6 Å². The molecule has 2 N–H and O–H groups in total. The number of aliphatic hydroxyl groups is 1. The van der Waals surface area contributed by atoms with Crippen molar-refractivity contribution in [2.45, 2.75) is 37.3 Å². The molecule has 4 bridgehead atoms. The maximum absolute atomic E-state index is 13.5. The Balaban J connectivity index is 1.93. The average Bonchev–Trinajstić information content (AvgIpc) is 3.07. The number of hydrogen-bond donors (Lipinski definition) is 2. The Morgan fingerprint density at radius 2 is 2.19 bits per heavy atom. The lowest BCUT2D eigenvalue weighted by molar-refractivity contribution is -0.940. The SMILES string of the molecule is C/C=C1/C[N@+]2(C)CC[C@@]34c5ccccc5N[C@]32CCC1C4(CO)C(=O)OC. The molecule has 1 aliphatic carbocycles. The van der Waals surface area contributed by atoms with Crippen molar-refractivity contribution in [2.75, 3.05) is 39.2 Å². The standard InChI is InChI=1S/C22H29N2O3/c1-4-15-13-24(2)12-11-21-17-7-5-6-8-18(17)23-22(21,24)10-9-16(15)20(21,14-25)19(26)27-3/h4-8,16,23,25H,9-14H2,1-3H3/q+1/b15-4-/t16?,20?,21-,22-,24-/m0/s1. The van der Waals surface area contributed by atoms with Gasteiger partial charge in [0, 0.05) is 24.4 Å². The number of nitrogens with zero attached hydrogens (tertiary/aromatic N) is 1. The molecule has 0 aromatic heterocycles. The van der Waals surface area contributed by atoms with Gasteiger partial charge in [0.05, 0.1) is 32.7 Å². The second kappa shape index (κ2) is 5.15. The maximum atomic E-state index is 13.5. The minimum atomic E-state index is -0.950. The highest BCUT2D eigenvalue weighted by Gasteiger charge is 2.85. The van der Waals surface area contributed by atoms with E-state index in [0.717, 1.165) is 42.5 Å². The average molecular weight is 369 g/mol. The summed E-state index contributed by atoms with van der Waals surface area (Å²) in [7, 11) is 3.80. The first kappa shape index (κ1) is 17.3. The molecule has 1 aromatic rings. The third-order valence-electron chi connectivity index (χ3n) is 8.64. The van der Waals surface area contributed by atoms with E-state index < -0.39 is 10.8 Å². The van der Waals surface area contributed by atoms with Crippen molar-refractivity contribution in [3.63, 3.8) is 0 Å². The van der Waals surface area contributed by atoms with Gasteiger partial charge >= 0.3 is 5.97 Å². The summed E-state index contributed by atoms with van der Waals surface area (Å²) < 4.78 is 6.29. The van der Waals surface area contributed by atoms with Crippen molar-refractivity contribution < 1.29 is 19.1 Å². The lowest BCUT2D eigenvalue weighted by Crippen LogP contribution is -2.73. The van der Waals surface area contributed by atoms with E-state index in [9.17, 15) is 9.90 Å². The molecule has 5 nitrogen and oxygen atoms in total. The van der Waals surface area contributed by atoms with Gasteiger partial charge in [-0.15, -0.1) is 0 Å². The van der Waals surface area contributed by atoms with Crippen molar-refractivity contribution >= 4 is 11.7 Å². The Morgan fingerprint density at radius 1 is 1.41 bits per heavy atom. The highest BCUT2D eigenvalue weighted by Crippen LogP contribution is 2.74. The van der Waals surface area contributed by atoms with Gasteiger partial charge in [-0.2, -0.15) is 0 Å². The highest BCUT2D eigenvalue weighted by atomic mass is 16.5. The van der Waals surface area contributed by atoms with Gasteiger partial charge in [-0.1, -0.05) is 24.3 Å². The first-order chi connectivity index (χ1) is 13.0. The van der Waals surface area contributed by atoms with E-state index in [-0.39, 0.29) is 24.2 Å². The van der Waals surface area contributed by atoms with Crippen LogP contribution in [0.25, 0.3) is 0 Å². The Bertz CT molecular complexity index is 867. The molecule has 4 heterocycles. The number of methoxy groups -OCH3 is 1. The number of aliphatic hydroxyl groups excluding tert-OH is 1.